The number of imidazole rings is 4. The van der Waals surface area contributed by atoms with E-state index in [1.54, 1.807) is 58.7 Å². The van der Waals surface area contributed by atoms with Crippen LogP contribution in [0.5, 0.6) is 0 Å². The summed E-state index contributed by atoms with van der Waals surface area (Å²) in [5.41, 5.74) is 12.0. The van der Waals surface area contributed by atoms with Gasteiger partial charge in [0, 0.05) is 50.5 Å². The molecule has 9 heterocycles. The summed E-state index contributed by atoms with van der Waals surface area (Å²) in [6, 6.07) is 54.9. The van der Waals surface area contributed by atoms with Gasteiger partial charge in [-0.1, -0.05) is 158 Å². The minimum Gasteiger partial charge on any atom is -0.453 e. The number of nitrogens with zero attached hydrogens (tertiary/aromatic N) is 9. The molecule has 7 unspecified atom stereocenters. The lowest BCUT2D eigenvalue weighted by atomic mass is 9.90. The average molecular weight is 1570 g/mol. The highest BCUT2D eigenvalue weighted by atomic mass is 16.8. The average Bonchev–Trinajstić information content (AvgIpc) is 1.53. The Morgan fingerprint density at radius 3 is 1.21 bits per heavy atom. The number of hydrogen-bond acceptors (Lipinski definition) is 16. The molecule has 4 aromatic heterocycles. The summed E-state index contributed by atoms with van der Waals surface area (Å²) >= 11 is 0. The van der Waals surface area contributed by atoms with Crippen molar-refractivity contribution in [2.24, 2.45) is 5.92 Å². The number of likely N-dealkylation sites (tertiary alicyclic amines) is 4. The lowest BCUT2D eigenvalue weighted by Gasteiger charge is -2.34. The summed E-state index contributed by atoms with van der Waals surface area (Å²) in [5, 5.41) is 10.5. The molecule has 0 spiro atoms. The van der Waals surface area contributed by atoms with E-state index in [1.165, 1.54) is 26.2 Å². The molecule has 0 bridgehead atoms. The molecule has 5 saturated heterocycles. The van der Waals surface area contributed by atoms with Gasteiger partial charge < -0.3 is 69.1 Å². The van der Waals surface area contributed by atoms with Crippen LogP contribution in [0.3, 0.4) is 0 Å². The second-order valence-corrected chi connectivity index (χ2v) is 30.4. The molecule has 5 aliphatic heterocycles. The van der Waals surface area contributed by atoms with E-state index in [1.807, 2.05) is 71.8 Å². The Bertz CT molecular complexity index is 5650. The van der Waals surface area contributed by atoms with Gasteiger partial charge in [-0.15, -0.1) is 5.06 Å². The third-order valence-electron chi connectivity index (χ3n) is 23.5. The number of fused-ring (bicyclic) bond motifs is 2. The molecule has 0 radical (unpaired) electrons. The maximum Gasteiger partial charge on any atom is 0.444 e. The fraction of sp³-hybridized carbons (Fsp3) is 0.300. The van der Waals surface area contributed by atoms with Gasteiger partial charge in [-0.25, -0.2) is 39.1 Å². The van der Waals surface area contributed by atoms with Crippen LogP contribution in [0.1, 0.15) is 135 Å². The van der Waals surface area contributed by atoms with Crippen molar-refractivity contribution in [1.82, 2.24) is 75.2 Å². The molecule has 6 N–H and O–H groups in total. The van der Waals surface area contributed by atoms with E-state index < -0.39 is 60.5 Å². The SMILES string of the molecule is COC(=O)NC(C(=O)N1CCCC1c1ncc(-c2ccc(-c3ccc4cc(-c5cnc(C6CCCN6C(=O)ON(C(=O)OC)C(C(=O)N6CCCC6c6ncc(-c7ccc(-c8ccc9cc(-c%10cnc(C%11CCCN%11C(=O)C(NC(=O)OC)C%11CCOCC%11)[nH]%10)ccc9c8)cc7)[nH]6)c6ccccc6)[nH]5)ccc4c3)cc2)[nH]1)c1ccccc1. The first-order chi connectivity index (χ1) is 57.2. The van der Waals surface area contributed by atoms with Crippen LogP contribution >= 0.6 is 0 Å². The maximum atomic E-state index is 15.4. The summed E-state index contributed by atoms with van der Waals surface area (Å²) in [6.45, 7) is 2.81. The molecule has 7 amide bonds. The fourth-order valence-corrected chi connectivity index (χ4v) is 17.4. The molecule has 27 heteroatoms. The van der Waals surface area contributed by atoms with Crippen LogP contribution < -0.4 is 10.6 Å². The Morgan fingerprint density at radius 2 is 0.769 bits per heavy atom. The number of amides is 7. The summed E-state index contributed by atoms with van der Waals surface area (Å²) in [5.74, 6) is 1.58. The fourth-order valence-electron chi connectivity index (χ4n) is 17.4. The normalized spacial score (nSPS) is 18.4. The largest absolute Gasteiger partial charge is 0.453 e. The third-order valence-corrected chi connectivity index (χ3v) is 23.5. The monoisotopic (exact) mass is 1570 g/mol. The van der Waals surface area contributed by atoms with Crippen LogP contribution in [0.4, 0.5) is 19.2 Å². The van der Waals surface area contributed by atoms with Crippen LogP contribution in [-0.2, 0) is 38.2 Å². The molecule has 27 nitrogen and oxygen atoms in total. The Balaban J connectivity index is 0.530. The van der Waals surface area contributed by atoms with Crippen LogP contribution in [-0.4, -0.2) is 173 Å². The van der Waals surface area contributed by atoms with Crippen molar-refractivity contribution in [1.29, 1.82) is 0 Å². The van der Waals surface area contributed by atoms with E-state index in [0.29, 0.717) is 112 Å². The molecule has 596 valence electrons. The number of carbonyl (C=O) groups is 7. The van der Waals surface area contributed by atoms with Gasteiger partial charge in [-0.2, -0.15) is 0 Å². The zero-order valence-electron chi connectivity index (χ0n) is 65.0. The van der Waals surface area contributed by atoms with Gasteiger partial charge in [0.1, 0.15) is 35.4 Å². The van der Waals surface area contributed by atoms with Crippen molar-refractivity contribution in [2.45, 2.75) is 107 Å². The molecule has 8 aromatic carbocycles. The van der Waals surface area contributed by atoms with Crippen molar-refractivity contribution >= 4 is 63.6 Å². The van der Waals surface area contributed by atoms with Gasteiger partial charge in [0.2, 0.25) is 5.91 Å². The minimum absolute atomic E-state index is 0.0610. The van der Waals surface area contributed by atoms with E-state index in [2.05, 4.69) is 122 Å². The molecular formula is C90H89N15O12. The first kappa shape index (κ1) is 76.2. The second-order valence-electron chi connectivity index (χ2n) is 30.4. The number of aromatic amines is 4. The number of H-pyrrole nitrogens is 4. The number of methoxy groups -OCH3 is 3. The third kappa shape index (κ3) is 15.8. The van der Waals surface area contributed by atoms with Gasteiger partial charge in [-0.05, 0) is 160 Å². The molecule has 5 fully saturated rings. The predicted molar refractivity (Wildman–Crippen MR) is 436 cm³/mol. The zero-order chi connectivity index (χ0) is 80.2. The first-order valence-electron chi connectivity index (χ1n) is 39.9. The number of aromatic nitrogens is 8. The van der Waals surface area contributed by atoms with Crippen LogP contribution in [0.15, 0.2) is 207 Å². The summed E-state index contributed by atoms with van der Waals surface area (Å²) in [6.07, 6.45) is 10.8. The Labute approximate surface area is 674 Å². The minimum atomic E-state index is -1.43. The van der Waals surface area contributed by atoms with Crippen LogP contribution in [0.25, 0.3) is 88.8 Å². The lowest BCUT2D eigenvalue weighted by Crippen LogP contribution is -2.53. The van der Waals surface area contributed by atoms with E-state index in [-0.39, 0.29) is 29.8 Å². The molecule has 5 aliphatic rings. The number of benzene rings is 8. The Kier molecular flexibility index (Phi) is 21.9. The van der Waals surface area contributed by atoms with Gasteiger partial charge in [0.15, 0.2) is 6.04 Å². The summed E-state index contributed by atoms with van der Waals surface area (Å²) in [4.78, 5) is 144. The quantitative estimate of drug-likeness (QED) is 0.0324. The smallest absolute Gasteiger partial charge is 0.444 e. The zero-order valence-corrected chi connectivity index (χ0v) is 65.0. The Morgan fingerprint density at radius 1 is 0.402 bits per heavy atom. The van der Waals surface area contributed by atoms with Crippen molar-refractivity contribution in [3.8, 4) is 67.3 Å². The molecule has 7 atom stereocenters. The van der Waals surface area contributed by atoms with Crippen molar-refractivity contribution in [3.63, 3.8) is 0 Å². The molecule has 12 aromatic rings. The summed E-state index contributed by atoms with van der Waals surface area (Å²) in [7, 11) is 3.76. The van der Waals surface area contributed by atoms with Gasteiger partial charge in [0.25, 0.3) is 11.8 Å². The first-order valence-corrected chi connectivity index (χ1v) is 39.9. The molecule has 17 rings (SSSR count). The number of carbonyl (C=O) groups excluding carboxylic acids is 7. The highest BCUT2D eigenvalue weighted by molar-refractivity contribution is 5.94. The molecular weight excluding hydrogens is 1480 g/mol. The van der Waals surface area contributed by atoms with Gasteiger partial charge in [0.05, 0.1) is 93.1 Å². The van der Waals surface area contributed by atoms with Crippen molar-refractivity contribution < 1.29 is 57.3 Å². The van der Waals surface area contributed by atoms with Crippen molar-refractivity contribution in [2.75, 3.05) is 60.7 Å². The highest BCUT2D eigenvalue weighted by Crippen LogP contribution is 2.42. The Hall–Kier alpha value is -13.4. The van der Waals surface area contributed by atoms with E-state index >= 15 is 4.79 Å². The number of hydroxylamine groups is 2. The second kappa shape index (κ2) is 33.6. The number of nitrogens with one attached hydrogen (secondary N) is 6. The summed E-state index contributed by atoms with van der Waals surface area (Å²) < 4.78 is 20.7. The lowest BCUT2D eigenvalue weighted by molar-refractivity contribution is -0.160. The molecule has 0 saturated carbocycles. The van der Waals surface area contributed by atoms with E-state index in [0.717, 1.165) is 120 Å². The molecule has 117 heavy (non-hydrogen) atoms. The van der Waals surface area contributed by atoms with Crippen LogP contribution in [0.2, 0.25) is 0 Å². The topological polar surface area (TPSA) is 321 Å². The van der Waals surface area contributed by atoms with Gasteiger partial charge >= 0.3 is 24.4 Å². The maximum absolute atomic E-state index is 15.4. The standard InChI is InChI=1S/C90H89N15O12/c1-113-87(109)99-77(58-14-6-4-7-15-58)84(106)101-40-10-18-73(101)80-91-50-69(95-80)56-26-22-54(23-27-56)62-31-33-66-49-68(37-35-64(66)47-62)72-53-94-83(98-72)76-21-13-43-104(76)89(111)117-105(90(112)115-3)79(60-16-8-5-9-17-60)86(108)103-42-12-20-75(103)82-92-51-70(96-82)57-28-24-55(25-29-57)61-30-32-65-48-67(36-34-63(65)46-61)71-52-93-81(97-71)74-19-11-41-102(74)85(107)78(100-88(110)114-2)59-38-44-116-45-39-59/h4-9,14-17,22-37,46-53,59,73-79H,10-13,18-21,38-45H2,1-3H3,(H,91,95)(H,92,96)(H,93,97)(H,94,98)(H,99,109)(H,100,110). The van der Waals surface area contributed by atoms with Crippen LogP contribution in [0, 0.1) is 5.92 Å². The number of alkyl carbamates (subject to hydrolysis) is 2. The number of hydrogen-bond donors (Lipinski definition) is 6. The molecule has 0 aliphatic carbocycles. The van der Waals surface area contributed by atoms with Gasteiger partial charge in [-0.3, -0.25) is 19.3 Å². The number of ether oxygens (including phenoxy) is 4. The van der Waals surface area contributed by atoms with E-state index in [9.17, 15) is 28.8 Å². The number of rotatable bonds is 19. The van der Waals surface area contributed by atoms with E-state index in [4.69, 9.17) is 43.7 Å². The predicted octanol–water partition coefficient (Wildman–Crippen LogP) is 15.8. The van der Waals surface area contributed by atoms with Crippen molar-refractivity contribution in [3.05, 3.63) is 241 Å². The highest BCUT2D eigenvalue weighted by Gasteiger charge is 2.46.